The monoisotopic (exact) mass is 299 g/mol. The maximum atomic E-state index is 8.27. The molecule has 3 aromatic carbocycles. The summed E-state index contributed by atoms with van der Waals surface area (Å²) in [6.45, 7) is 0. The van der Waals surface area contributed by atoms with Crippen LogP contribution >= 0.6 is 0 Å². The van der Waals surface area contributed by atoms with Crippen molar-refractivity contribution in [1.82, 2.24) is 0 Å². The minimum absolute atomic E-state index is 0.672. The van der Waals surface area contributed by atoms with Gasteiger partial charge in [-0.1, -0.05) is 84.9 Å². The van der Waals surface area contributed by atoms with E-state index in [1.807, 2.05) is 18.2 Å². The summed E-state index contributed by atoms with van der Waals surface area (Å²) in [6, 6.07) is 29.2. The van der Waals surface area contributed by atoms with Crippen molar-refractivity contribution in [3.8, 4) is 0 Å². The van der Waals surface area contributed by atoms with Gasteiger partial charge in [-0.2, -0.15) is 0 Å². The number of nitrogens with one attached hydrogen (secondary N) is 1. The molecule has 0 aromatic heterocycles. The first-order chi connectivity index (χ1) is 11.3. The zero-order valence-corrected chi connectivity index (χ0v) is 13.2. The van der Waals surface area contributed by atoms with Crippen LogP contribution in [0.2, 0.25) is 0 Å². The molecule has 0 heterocycles. The second-order valence-electron chi connectivity index (χ2n) is 5.82. The van der Waals surface area contributed by atoms with Crippen LogP contribution in [0.1, 0.15) is 22.3 Å². The summed E-state index contributed by atoms with van der Waals surface area (Å²) in [5.41, 5.74) is 5.56. The van der Waals surface area contributed by atoms with Crippen LogP contribution in [0.15, 0.2) is 84.9 Å². The second-order valence-corrected chi connectivity index (χ2v) is 5.82. The van der Waals surface area contributed by atoms with E-state index in [1.54, 1.807) is 0 Å². The van der Waals surface area contributed by atoms with Gasteiger partial charge in [0.15, 0.2) is 0 Å². The highest BCUT2D eigenvalue weighted by Gasteiger charge is 2.03. The molecule has 0 spiro atoms. The minimum atomic E-state index is 0.672. The highest BCUT2D eigenvalue weighted by atomic mass is 14.4. The lowest BCUT2D eigenvalue weighted by Gasteiger charge is -2.07. The van der Waals surface area contributed by atoms with E-state index in [4.69, 9.17) is 5.41 Å². The first kappa shape index (κ1) is 15.2. The summed E-state index contributed by atoms with van der Waals surface area (Å²) in [5, 5.41) is 8.27. The van der Waals surface area contributed by atoms with Crippen molar-refractivity contribution in [3.05, 3.63) is 107 Å². The lowest BCUT2D eigenvalue weighted by Crippen LogP contribution is -2.03. The molecule has 1 N–H and O–H groups in total. The average molecular weight is 299 g/mol. The predicted molar refractivity (Wildman–Crippen MR) is 97.3 cm³/mol. The number of benzene rings is 3. The number of rotatable bonds is 6. The Kier molecular flexibility index (Phi) is 5.00. The highest BCUT2D eigenvalue weighted by Crippen LogP contribution is 2.12. The molecular formula is C22H21N. The number of hydrogen-bond acceptors (Lipinski definition) is 1. The molecule has 0 unspecified atom stereocenters. The molecule has 0 amide bonds. The van der Waals surface area contributed by atoms with Gasteiger partial charge in [0.2, 0.25) is 0 Å². The molecule has 0 atom stereocenters. The van der Waals surface area contributed by atoms with Gasteiger partial charge in [-0.25, -0.2) is 0 Å². The zero-order chi connectivity index (χ0) is 15.9. The van der Waals surface area contributed by atoms with Crippen molar-refractivity contribution in [2.45, 2.75) is 19.3 Å². The molecule has 0 fully saturated rings. The fourth-order valence-electron chi connectivity index (χ4n) is 2.71. The Hall–Kier alpha value is -2.67. The van der Waals surface area contributed by atoms with Gasteiger partial charge in [-0.05, 0) is 35.1 Å². The third-order valence-corrected chi connectivity index (χ3v) is 4.07. The van der Waals surface area contributed by atoms with E-state index in [9.17, 15) is 0 Å². The molecule has 3 rings (SSSR count). The molecule has 0 aliphatic rings. The minimum Gasteiger partial charge on any atom is -0.304 e. The summed E-state index contributed by atoms with van der Waals surface area (Å²) in [7, 11) is 0. The Bertz CT molecular complexity index is 743. The first-order valence-electron chi connectivity index (χ1n) is 8.06. The Morgan fingerprint density at radius 1 is 0.565 bits per heavy atom. The smallest absolute Gasteiger partial charge is 0.0429 e. The Morgan fingerprint density at radius 3 is 1.61 bits per heavy atom. The van der Waals surface area contributed by atoms with Gasteiger partial charge in [0.1, 0.15) is 0 Å². The molecule has 3 aromatic rings. The zero-order valence-electron chi connectivity index (χ0n) is 13.2. The van der Waals surface area contributed by atoms with E-state index in [1.165, 1.54) is 16.7 Å². The van der Waals surface area contributed by atoms with Gasteiger partial charge in [0.25, 0.3) is 0 Å². The normalized spacial score (nSPS) is 10.4. The lowest BCUT2D eigenvalue weighted by atomic mass is 9.99. The van der Waals surface area contributed by atoms with Crippen LogP contribution in [0.25, 0.3) is 0 Å². The van der Waals surface area contributed by atoms with Crippen LogP contribution in [0, 0.1) is 5.41 Å². The van der Waals surface area contributed by atoms with Crippen molar-refractivity contribution >= 4 is 5.71 Å². The Morgan fingerprint density at radius 2 is 1.04 bits per heavy atom. The van der Waals surface area contributed by atoms with E-state index >= 15 is 0 Å². The largest absolute Gasteiger partial charge is 0.304 e. The molecule has 1 nitrogen and oxygen atoms in total. The Labute approximate surface area is 138 Å². The summed E-state index contributed by atoms with van der Waals surface area (Å²) in [4.78, 5) is 0. The van der Waals surface area contributed by atoms with Crippen molar-refractivity contribution in [2.24, 2.45) is 0 Å². The molecule has 1 heteroatoms. The SMILES string of the molecule is N=C(Cc1ccccc1)c1ccc(CCc2ccccc2)cc1. The van der Waals surface area contributed by atoms with E-state index in [-0.39, 0.29) is 0 Å². The van der Waals surface area contributed by atoms with Crippen LogP contribution in [-0.4, -0.2) is 5.71 Å². The molecule has 0 saturated heterocycles. The number of aryl methyl sites for hydroxylation is 2. The van der Waals surface area contributed by atoms with Gasteiger partial charge in [-0.15, -0.1) is 0 Å². The quantitative estimate of drug-likeness (QED) is 0.614. The third kappa shape index (κ3) is 4.40. The Balaban J connectivity index is 1.59. The van der Waals surface area contributed by atoms with E-state index in [0.29, 0.717) is 12.1 Å². The lowest BCUT2D eigenvalue weighted by molar-refractivity contribution is 0.960. The molecule has 0 bridgehead atoms. The maximum absolute atomic E-state index is 8.27. The molecule has 0 radical (unpaired) electrons. The summed E-state index contributed by atoms with van der Waals surface area (Å²) in [6.07, 6.45) is 2.78. The fraction of sp³-hybridized carbons (Fsp3) is 0.136. The van der Waals surface area contributed by atoms with Crippen molar-refractivity contribution in [3.63, 3.8) is 0 Å². The van der Waals surface area contributed by atoms with Gasteiger partial charge in [0, 0.05) is 12.1 Å². The molecule has 0 aliphatic heterocycles. The van der Waals surface area contributed by atoms with E-state index in [0.717, 1.165) is 18.4 Å². The maximum Gasteiger partial charge on any atom is 0.0429 e. The molecule has 114 valence electrons. The van der Waals surface area contributed by atoms with Crippen molar-refractivity contribution in [2.75, 3.05) is 0 Å². The van der Waals surface area contributed by atoms with Crippen LogP contribution in [0.3, 0.4) is 0 Å². The first-order valence-corrected chi connectivity index (χ1v) is 8.06. The molecule has 23 heavy (non-hydrogen) atoms. The standard InChI is InChI=1S/C22H21N/c23-22(17-20-9-5-2-6-10-20)21-15-13-19(14-16-21)12-11-18-7-3-1-4-8-18/h1-10,13-16,23H,11-12,17H2. The van der Waals surface area contributed by atoms with E-state index in [2.05, 4.69) is 66.7 Å². The highest BCUT2D eigenvalue weighted by molar-refractivity contribution is 5.99. The summed E-state index contributed by atoms with van der Waals surface area (Å²) in [5.74, 6) is 0. The molecule has 0 aliphatic carbocycles. The van der Waals surface area contributed by atoms with Crippen LogP contribution < -0.4 is 0 Å². The van der Waals surface area contributed by atoms with Crippen LogP contribution in [0.5, 0.6) is 0 Å². The third-order valence-electron chi connectivity index (χ3n) is 4.07. The topological polar surface area (TPSA) is 23.9 Å². The van der Waals surface area contributed by atoms with E-state index < -0.39 is 0 Å². The average Bonchev–Trinajstić information content (AvgIpc) is 2.62. The fourth-order valence-corrected chi connectivity index (χ4v) is 2.71. The molecule has 0 saturated carbocycles. The van der Waals surface area contributed by atoms with Gasteiger partial charge in [-0.3, -0.25) is 0 Å². The summed E-state index contributed by atoms with van der Waals surface area (Å²) < 4.78 is 0. The van der Waals surface area contributed by atoms with Gasteiger partial charge >= 0.3 is 0 Å². The predicted octanol–water partition coefficient (Wildman–Crippen LogP) is 5.08. The van der Waals surface area contributed by atoms with Crippen LogP contribution in [0.4, 0.5) is 0 Å². The second kappa shape index (κ2) is 7.55. The van der Waals surface area contributed by atoms with Crippen LogP contribution in [-0.2, 0) is 19.3 Å². The summed E-state index contributed by atoms with van der Waals surface area (Å²) >= 11 is 0. The number of hydrogen-bond donors (Lipinski definition) is 1. The van der Waals surface area contributed by atoms with Gasteiger partial charge < -0.3 is 5.41 Å². The van der Waals surface area contributed by atoms with Crippen molar-refractivity contribution in [1.29, 1.82) is 5.41 Å². The molecular weight excluding hydrogens is 278 g/mol. The van der Waals surface area contributed by atoms with Crippen molar-refractivity contribution < 1.29 is 0 Å². The van der Waals surface area contributed by atoms with Gasteiger partial charge in [0.05, 0.1) is 0 Å².